The van der Waals surface area contributed by atoms with Crippen LogP contribution in [0.4, 0.5) is 0 Å². The van der Waals surface area contributed by atoms with Gasteiger partial charge in [-0.15, -0.1) is 11.8 Å². The molecule has 2 rings (SSSR count). The fourth-order valence-corrected chi connectivity index (χ4v) is 3.71. The van der Waals surface area contributed by atoms with Crippen molar-refractivity contribution in [2.75, 3.05) is 13.4 Å². The molecule has 3 nitrogen and oxygen atoms in total. The lowest BCUT2D eigenvalue weighted by molar-refractivity contribution is 0.237. The maximum atomic E-state index is 10.5. The van der Waals surface area contributed by atoms with Gasteiger partial charge in [0, 0.05) is 10.5 Å². The van der Waals surface area contributed by atoms with Gasteiger partial charge in [-0.1, -0.05) is 38.7 Å². The van der Waals surface area contributed by atoms with Gasteiger partial charge in [-0.05, 0) is 66.3 Å². The molecule has 150 valence electrons. The third kappa shape index (κ3) is 5.57. The quantitative estimate of drug-likeness (QED) is 0.376. The average Bonchev–Trinajstić information content (AvgIpc) is 2.65. The normalized spacial score (nSPS) is 12.7. The molecule has 0 heterocycles. The first-order valence-corrected chi connectivity index (χ1v) is 13.4. The molecule has 0 saturated carbocycles. The average molecular weight is 415 g/mol. The fraction of sp³-hybridized carbons (Fsp3) is 0.391. The lowest BCUT2D eigenvalue weighted by Gasteiger charge is -2.36. The Hall–Kier alpha value is -1.87. The molecule has 0 fully saturated rings. The highest BCUT2D eigenvalue weighted by Gasteiger charge is 2.39. The van der Waals surface area contributed by atoms with Crippen molar-refractivity contribution >= 4 is 20.1 Å². The third-order valence-corrected chi connectivity index (χ3v) is 10.2. The van der Waals surface area contributed by atoms with Crippen molar-refractivity contribution in [1.82, 2.24) is 0 Å². The number of rotatable bonds is 5. The topological polar surface area (TPSA) is 38.7 Å². The second-order valence-corrected chi connectivity index (χ2v) is 13.8. The summed E-state index contributed by atoms with van der Waals surface area (Å²) in [5.74, 6) is 7.27. The van der Waals surface area contributed by atoms with Crippen LogP contribution in [-0.4, -0.2) is 26.8 Å². The van der Waals surface area contributed by atoms with E-state index >= 15 is 0 Å². The lowest BCUT2D eigenvalue weighted by Crippen LogP contribution is -2.43. The van der Waals surface area contributed by atoms with E-state index < -0.39 is 14.4 Å². The van der Waals surface area contributed by atoms with Crippen LogP contribution < -0.4 is 9.16 Å². The lowest BCUT2D eigenvalue weighted by atomic mass is 10.1. The number of thioether (sulfide) groups is 1. The van der Waals surface area contributed by atoms with E-state index in [9.17, 15) is 5.11 Å². The van der Waals surface area contributed by atoms with Crippen molar-refractivity contribution in [3.63, 3.8) is 0 Å². The first-order chi connectivity index (χ1) is 13.1. The van der Waals surface area contributed by atoms with E-state index in [2.05, 4.69) is 45.7 Å². The van der Waals surface area contributed by atoms with Crippen LogP contribution in [0, 0.1) is 11.8 Å². The van der Waals surface area contributed by atoms with Crippen molar-refractivity contribution < 1.29 is 14.3 Å². The number of methoxy groups -OCH3 is 1. The van der Waals surface area contributed by atoms with Crippen LogP contribution in [0.1, 0.15) is 38.0 Å². The van der Waals surface area contributed by atoms with Crippen molar-refractivity contribution in [2.24, 2.45) is 0 Å². The monoisotopic (exact) mass is 414 g/mol. The van der Waals surface area contributed by atoms with Gasteiger partial charge < -0.3 is 14.3 Å². The molecular formula is C23H30O3SSi. The number of benzene rings is 2. The molecule has 0 bridgehead atoms. The van der Waals surface area contributed by atoms with Gasteiger partial charge in [0.15, 0.2) is 5.75 Å². The molecule has 0 aliphatic rings. The van der Waals surface area contributed by atoms with Crippen LogP contribution in [0.15, 0.2) is 47.4 Å². The number of hydrogen-bond acceptors (Lipinski definition) is 4. The van der Waals surface area contributed by atoms with Gasteiger partial charge >= 0.3 is 0 Å². The summed E-state index contributed by atoms with van der Waals surface area (Å²) in [5, 5.41) is 10.6. The number of aliphatic hydroxyl groups excluding tert-OH is 1. The van der Waals surface area contributed by atoms with Crippen molar-refractivity contribution in [3.8, 4) is 23.3 Å². The highest BCUT2D eigenvalue weighted by molar-refractivity contribution is 7.98. The molecule has 0 aliphatic heterocycles. The van der Waals surface area contributed by atoms with Gasteiger partial charge in [-0.3, -0.25) is 0 Å². The van der Waals surface area contributed by atoms with E-state index in [0.717, 1.165) is 5.56 Å². The first kappa shape index (κ1) is 22.4. The minimum absolute atomic E-state index is 0.0908. The Balaban J connectivity index is 2.22. The molecule has 2 aromatic carbocycles. The smallest absolute Gasteiger partial charge is 0.250 e. The zero-order chi connectivity index (χ0) is 20.9. The highest BCUT2D eigenvalue weighted by atomic mass is 32.2. The van der Waals surface area contributed by atoms with Gasteiger partial charge in [0.2, 0.25) is 0 Å². The number of hydrogen-bond donors (Lipinski definition) is 1. The Morgan fingerprint density at radius 1 is 1.04 bits per heavy atom. The fourth-order valence-electron chi connectivity index (χ4n) is 2.28. The largest absolute Gasteiger partial charge is 0.541 e. The molecule has 1 N–H and O–H groups in total. The van der Waals surface area contributed by atoms with Gasteiger partial charge in [-0.2, -0.15) is 0 Å². The molecule has 5 heteroatoms. The zero-order valence-electron chi connectivity index (χ0n) is 17.8. The number of aliphatic hydroxyl groups is 1. The van der Waals surface area contributed by atoms with Gasteiger partial charge in [-0.25, -0.2) is 0 Å². The molecule has 0 radical (unpaired) electrons. The molecular weight excluding hydrogens is 384 g/mol. The number of ether oxygens (including phenoxy) is 1. The SMILES string of the molecule is COc1cc(C(O)C#Cc2ccc(SC)cc2)ccc1O[Si](C)(C)C(C)(C)C. The molecule has 2 aromatic rings. The Kier molecular flexibility index (Phi) is 7.27. The molecule has 0 aliphatic carbocycles. The summed E-state index contributed by atoms with van der Waals surface area (Å²) in [6.07, 6.45) is 1.15. The van der Waals surface area contributed by atoms with E-state index in [0.29, 0.717) is 17.1 Å². The predicted molar refractivity (Wildman–Crippen MR) is 121 cm³/mol. The van der Waals surface area contributed by atoms with Crippen molar-refractivity contribution in [1.29, 1.82) is 0 Å². The summed E-state index contributed by atoms with van der Waals surface area (Å²) in [6.45, 7) is 11.0. The second-order valence-electron chi connectivity index (χ2n) is 8.17. The molecule has 1 unspecified atom stereocenters. The van der Waals surface area contributed by atoms with E-state index in [1.165, 1.54) is 4.90 Å². The molecule has 0 aromatic heterocycles. The standard InChI is InChI=1S/C23H30O3SSi/c1-23(2,3)28(6,7)26-21-15-11-18(16-22(21)25-4)20(24)14-10-17-8-12-19(27-5)13-9-17/h8-9,11-13,15-16,20,24H,1-7H3. The Morgan fingerprint density at radius 2 is 1.68 bits per heavy atom. The second kappa shape index (κ2) is 9.08. The maximum absolute atomic E-state index is 10.5. The van der Waals surface area contributed by atoms with Crippen LogP contribution >= 0.6 is 11.8 Å². The van der Waals surface area contributed by atoms with Crippen LogP contribution in [0.25, 0.3) is 0 Å². The maximum Gasteiger partial charge on any atom is 0.250 e. The van der Waals surface area contributed by atoms with Gasteiger partial charge in [0.1, 0.15) is 11.9 Å². The summed E-state index contributed by atoms with van der Waals surface area (Å²) in [7, 11) is -0.363. The van der Waals surface area contributed by atoms with Crippen LogP contribution in [0.2, 0.25) is 18.1 Å². The van der Waals surface area contributed by atoms with E-state index in [1.54, 1.807) is 24.9 Å². The van der Waals surface area contributed by atoms with E-state index in [1.807, 2.05) is 42.7 Å². The summed E-state index contributed by atoms with van der Waals surface area (Å²) < 4.78 is 11.9. The van der Waals surface area contributed by atoms with Crippen LogP contribution in [-0.2, 0) is 0 Å². The molecule has 0 amide bonds. The summed E-state index contributed by atoms with van der Waals surface area (Å²) in [5.41, 5.74) is 1.56. The Bertz CT molecular complexity index is 858. The van der Waals surface area contributed by atoms with Gasteiger partial charge in [0.05, 0.1) is 7.11 Å². The predicted octanol–water partition coefficient (Wildman–Crippen LogP) is 5.89. The highest BCUT2D eigenvalue weighted by Crippen LogP contribution is 2.40. The minimum atomic E-state index is -1.98. The summed E-state index contributed by atoms with van der Waals surface area (Å²) in [4.78, 5) is 1.19. The molecule has 0 spiro atoms. The van der Waals surface area contributed by atoms with E-state index in [-0.39, 0.29) is 5.04 Å². The summed E-state index contributed by atoms with van der Waals surface area (Å²) in [6, 6.07) is 13.5. The Labute approximate surface area is 174 Å². The first-order valence-electron chi connectivity index (χ1n) is 9.28. The third-order valence-electron chi connectivity index (χ3n) is 5.12. The van der Waals surface area contributed by atoms with Crippen LogP contribution in [0.5, 0.6) is 11.5 Å². The van der Waals surface area contributed by atoms with Crippen molar-refractivity contribution in [2.45, 2.75) is 49.9 Å². The minimum Gasteiger partial charge on any atom is -0.541 e. The Morgan fingerprint density at radius 3 is 2.21 bits per heavy atom. The van der Waals surface area contributed by atoms with Crippen molar-refractivity contribution in [3.05, 3.63) is 53.6 Å². The zero-order valence-corrected chi connectivity index (χ0v) is 19.6. The summed E-state index contributed by atoms with van der Waals surface area (Å²) >= 11 is 1.69. The van der Waals surface area contributed by atoms with Gasteiger partial charge in [0.25, 0.3) is 8.32 Å². The van der Waals surface area contributed by atoms with Crippen LogP contribution in [0.3, 0.4) is 0 Å². The molecule has 0 saturated heterocycles. The van der Waals surface area contributed by atoms with E-state index in [4.69, 9.17) is 9.16 Å². The molecule has 1 atom stereocenters. The molecule has 28 heavy (non-hydrogen) atoms.